The van der Waals surface area contributed by atoms with E-state index in [1.54, 1.807) is 18.2 Å². The summed E-state index contributed by atoms with van der Waals surface area (Å²) in [6.07, 6.45) is 0. The molecular formula is C29H28N4O3. The number of nitrogens with one attached hydrogen (secondary N) is 1. The van der Waals surface area contributed by atoms with Crippen molar-refractivity contribution in [3.8, 4) is 11.4 Å². The van der Waals surface area contributed by atoms with Gasteiger partial charge in [-0.1, -0.05) is 47.5 Å². The summed E-state index contributed by atoms with van der Waals surface area (Å²) in [5, 5.41) is 19.5. The van der Waals surface area contributed by atoms with Gasteiger partial charge in [0.1, 0.15) is 5.75 Å². The number of phenols is 1. The molecule has 0 saturated carbocycles. The van der Waals surface area contributed by atoms with Gasteiger partial charge in [0.25, 0.3) is 11.5 Å². The van der Waals surface area contributed by atoms with Gasteiger partial charge in [-0.15, -0.1) is 0 Å². The van der Waals surface area contributed by atoms with E-state index in [-0.39, 0.29) is 17.2 Å². The Labute approximate surface area is 209 Å². The van der Waals surface area contributed by atoms with Crippen molar-refractivity contribution in [1.82, 2.24) is 9.78 Å². The van der Waals surface area contributed by atoms with Crippen LogP contribution in [0.2, 0.25) is 0 Å². The van der Waals surface area contributed by atoms with Gasteiger partial charge >= 0.3 is 0 Å². The van der Waals surface area contributed by atoms with Crippen molar-refractivity contribution < 1.29 is 9.90 Å². The Morgan fingerprint density at radius 1 is 0.861 bits per heavy atom. The van der Waals surface area contributed by atoms with E-state index in [1.165, 1.54) is 9.69 Å². The van der Waals surface area contributed by atoms with Crippen molar-refractivity contribution in [3.05, 3.63) is 111 Å². The van der Waals surface area contributed by atoms with Crippen LogP contribution in [0.3, 0.4) is 0 Å². The van der Waals surface area contributed by atoms with Gasteiger partial charge in [0.15, 0.2) is 0 Å². The van der Waals surface area contributed by atoms with Gasteiger partial charge in [0.2, 0.25) is 0 Å². The normalized spacial score (nSPS) is 16.3. The molecule has 5 rings (SSSR count). The minimum atomic E-state index is -0.707. The number of benzene rings is 3. The topological polar surface area (TPSA) is 90.7 Å². The van der Waals surface area contributed by atoms with Gasteiger partial charge in [-0.3, -0.25) is 14.7 Å². The molecule has 1 amide bonds. The van der Waals surface area contributed by atoms with Crippen LogP contribution in [0.1, 0.15) is 40.8 Å². The van der Waals surface area contributed by atoms with Crippen molar-refractivity contribution >= 4 is 17.3 Å². The Balaban J connectivity index is 1.65. The van der Waals surface area contributed by atoms with E-state index < -0.39 is 11.8 Å². The Morgan fingerprint density at radius 3 is 2.08 bits per heavy atom. The highest BCUT2D eigenvalue weighted by Crippen LogP contribution is 2.39. The van der Waals surface area contributed by atoms with Crippen LogP contribution in [0.4, 0.5) is 5.69 Å². The molecule has 0 unspecified atom stereocenters. The smallest absolute Gasteiger partial charge is 0.275 e. The molecule has 0 saturated heterocycles. The van der Waals surface area contributed by atoms with Crippen molar-refractivity contribution in [1.29, 1.82) is 0 Å². The fraction of sp³-hybridized carbons (Fsp3) is 0.207. The van der Waals surface area contributed by atoms with Crippen LogP contribution in [0.25, 0.3) is 5.69 Å². The third-order valence-electron chi connectivity index (χ3n) is 6.74. The second kappa shape index (κ2) is 9.00. The monoisotopic (exact) mass is 480 g/mol. The highest BCUT2D eigenvalue weighted by molar-refractivity contribution is 6.15. The lowest BCUT2D eigenvalue weighted by atomic mass is 9.78. The molecule has 7 heteroatoms. The summed E-state index contributed by atoms with van der Waals surface area (Å²) in [6, 6.07) is 22.0. The minimum absolute atomic E-state index is 0.0694. The summed E-state index contributed by atoms with van der Waals surface area (Å²) < 4.78 is 1.50. The van der Waals surface area contributed by atoms with E-state index in [1.807, 2.05) is 82.3 Å². The standard InChI is InChI=1S/C29H28N4O3/c1-17-8-12-22(13-9-17)32-28(35)25(19(3)30-32)27(21-6-5-7-24(34)16-21)26-20(4)31-33(29(26)36)23-14-10-18(2)11-15-23/h5-16,25,27,31,34H,1-4H3/t25-,27+/m0/s1. The van der Waals surface area contributed by atoms with Crippen molar-refractivity contribution in [2.24, 2.45) is 11.0 Å². The van der Waals surface area contributed by atoms with Crippen molar-refractivity contribution in [2.45, 2.75) is 33.6 Å². The molecule has 0 aliphatic carbocycles. The lowest BCUT2D eigenvalue weighted by Gasteiger charge is -2.23. The zero-order chi connectivity index (χ0) is 25.6. The lowest BCUT2D eigenvalue weighted by Crippen LogP contribution is -2.34. The van der Waals surface area contributed by atoms with Crippen LogP contribution in [0, 0.1) is 26.7 Å². The molecule has 4 aromatic rings. The Morgan fingerprint density at radius 2 is 1.47 bits per heavy atom. The molecule has 7 nitrogen and oxygen atoms in total. The predicted molar refractivity (Wildman–Crippen MR) is 141 cm³/mol. The summed E-state index contributed by atoms with van der Waals surface area (Å²) in [5.41, 5.74) is 5.72. The summed E-state index contributed by atoms with van der Waals surface area (Å²) in [4.78, 5) is 27.7. The molecule has 1 aromatic heterocycles. The van der Waals surface area contributed by atoms with E-state index in [0.717, 1.165) is 11.1 Å². The summed E-state index contributed by atoms with van der Waals surface area (Å²) in [5.74, 6) is -1.49. The molecule has 0 fully saturated rings. The van der Waals surface area contributed by atoms with Gasteiger partial charge in [-0.25, -0.2) is 9.69 Å². The first kappa shape index (κ1) is 23.4. The van der Waals surface area contributed by atoms with Gasteiger partial charge in [0.05, 0.1) is 17.3 Å². The maximum atomic E-state index is 13.8. The molecule has 2 heterocycles. The maximum Gasteiger partial charge on any atom is 0.275 e. The molecule has 2 atom stereocenters. The zero-order valence-corrected chi connectivity index (χ0v) is 20.7. The molecular weight excluding hydrogens is 452 g/mol. The lowest BCUT2D eigenvalue weighted by molar-refractivity contribution is -0.120. The van der Waals surface area contributed by atoms with Crippen LogP contribution in [-0.4, -0.2) is 26.5 Å². The summed E-state index contributed by atoms with van der Waals surface area (Å²) >= 11 is 0. The third-order valence-corrected chi connectivity index (χ3v) is 6.74. The number of carbonyl (C=O) groups excluding carboxylic acids is 1. The fourth-order valence-electron chi connectivity index (χ4n) is 4.88. The molecule has 1 aliphatic rings. The van der Waals surface area contributed by atoms with Gasteiger partial charge in [-0.2, -0.15) is 5.10 Å². The maximum absolute atomic E-state index is 13.8. The fourth-order valence-corrected chi connectivity index (χ4v) is 4.88. The number of anilines is 1. The van der Waals surface area contributed by atoms with Crippen LogP contribution in [0.15, 0.2) is 82.7 Å². The minimum Gasteiger partial charge on any atom is -0.508 e. The number of nitrogens with zero attached hydrogens (tertiary/aromatic N) is 3. The number of hydrogen-bond donors (Lipinski definition) is 2. The summed E-state index contributed by atoms with van der Waals surface area (Å²) in [6.45, 7) is 7.62. The van der Waals surface area contributed by atoms with Crippen LogP contribution in [-0.2, 0) is 4.79 Å². The number of H-pyrrole nitrogens is 1. The van der Waals surface area contributed by atoms with E-state index in [4.69, 9.17) is 0 Å². The molecule has 1 aliphatic heterocycles. The number of aryl methyl sites for hydroxylation is 3. The van der Waals surface area contributed by atoms with E-state index >= 15 is 0 Å². The largest absolute Gasteiger partial charge is 0.508 e. The average Bonchev–Trinajstić information content (AvgIpc) is 3.31. The molecule has 0 radical (unpaired) electrons. The average molecular weight is 481 g/mol. The number of rotatable bonds is 5. The quantitative estimate of drug-likeness (QED) is 0.423. The molecule has 36 heavy (non-hydrogen) atoms. The molecule has 182 valence electrons. The van der Waals surface area contributed by atoms with Crippen LogP contribution < -0.4 is 10.6 Å². The van der Waals surface area contributed by atoms with E-state index in [2.05, 4.69) is 10.2 Å². The molecule has 0 spiro atoms. The number of aromatic nitrogens is 2. The number of aromatic hydroxyl groups is 1. The third kappa shape index (κ3) is 4.02. The Bertz CT molecular complexity index is 1530. The number of aromatic amines is 1. The molecule has 2 N–H and O–H groups in total. The second-order valence-electron chi connectivity index (χ2n) is 9.40. The van der Waals surface area contributed by atoms with Crippen LogP contribution in [0.5, 0.6) is 5.75 Å². The SMILES string of the molecule is CC1=NN(c2ccc(C)cc2)C(=O)[C@@H]1[C@@H](c1cccc(O)c1)c1c(C)[nH]n(-c2ccc(C)cc2)c1=O. The van der Waals surface area contributed by atoms with Gasteiger partial charge < -0.3 is 5.11 Å². The molecule has 3 aromatic carbocycles. The first-order valence-corrected chi connectivity index (χ1v) is 11.9. The first-order chi connectivity index (χ1) is 17.2. The molecule has 0 bridgehead atoms. The number of phenolic OH excluding ortho intramolecular Hbond substituents is 1. The summed E-state index contributed by atoms with van der Waals surface area (Å²) in [7, 11) is 0. The number of amides is 1. The zero-order valence-electron chi connectivity index (χ0n) is 20.7. The van der Waals surface area contributed by atoms with Crippen molar-refractivity contribution in [3.63, 3.8) is 0 Å². The second-order valence-corrected chi connectivity index (χ2v) is 9.40. The highest BCUT2D eigenvalue weighted by atomic mass is 16.3. The predicted octanol–water partition coefficient (Wildman–Crippen LogP) is 4.97. The highest BCUT2D eigenvalue weighted by Gasteiger charge is 2.43. The van der Waals surface area contributed by atoms with E-state index in [0.29, 0.717) is 33.9 Å². The van der Waals surface area contributed by atoms with Crippen LogP contribution >= 0.6 is 0 Å². The number of hydrogen-bond acceptors (Lipinski definition) is 4. The number of hydrazone groups is 1. The Kier molecular flexibility index (Phi) is 5.84. The van der Waals surface area contributed by atoms with Gasteiger partial charge in [-0.05, 0) is 69.7 Å². The first-order valence-electron chi connectivity index (χ1n) is 11.9. The Hall–Kier alpha value is -4.39. The number of carbonyl (C=O) groups is 1. The van der Waals surface area contributed by atoms with Crippen molar-refractivity contribution in [2.75, 3.05) is 5.01 Å². The van der Waals surface area contributed by atoms with Gasteiger partial charge in [0, 0.05) is 22.9 Å². The van der Waals surface area contributed by atoms with E-state index in [9.17, 15) is 14.7 Å².